The molecule has 25 heavy (non-hydrogen) atoms. The van der Waals surface area contributed by atoms with Crippen molar-refractivity contribution < 1.29 is 9.53 Å². The van der Waals surface area contributed by atoms with E-state index in [1.54, 1.807) is 4.68 Å². The molecule has 3 aromatic rings. The number of aromatic nitrogens is 3. The van der Waals surface area contributed by atoms with Crippen molar-refractivity contribution in [3.63, 3.8) is 0 Å². The first kappa shape index (κ1) is 15.1. The molecule has 2 heterocycles. The number of ether oxygens (including phenoxy) is 1. The molecule has 1 aromatic heterocycles. The average molecular weight is 332 g/mol. The van der Waals surface area contributed by atoms with Crippen LogP contribution in [0.2, 0.25) is 0 Å². The zero-order valence-electron chi connectivity index (χ0n) is 13.6. The van der Waals surface area contributed by atoms with E-state index in [1.165, 1.54) is 13.4 Å². The molecule has 0 bridgehead atoms. The third-order valence-corrected chi connectivity index (χ3v) is 4.18. The fraction of sp³-hybridized carbons (Fsp3) is 0.105. The summed E-state index contributed by atoms with van der Waals surface area (Å²) in [6.45, 7) is 0. The first-order valence-electron chi connectivity index (χ1n) is 7.89. The molecule has 0 unspecified atom stereocenters. The van der Waals surface area contributed by atoms with E-state index in [0.717, 1.165) is 11.1 Å². The van der Waals surface area contributed by atoms with Gasteiger partial charge in [0.15, 0.2) is 0 Å². The molecule has 2 aromatic carbocycles. The largest absolute Gasteiger partial charge is 0.466 e. The highest BCUT2D eigenvalue weighted by atomic mass is 16.5. The number of carbonyl (C=O) groups is 1. The van der Waals surface area contributed by atoms with Gasteiger partial charge in [0.25, 0.3) is 0 Å². The predicted molar refractivity (Wildman–Crippen MR) is 93.6 cm³/mol. The van der Waals surface area contributed by atoms with Gasteiger partial charge in [0, 0.05) is 0 Å². The number of nitrogens with one attached hydrogen (secondary N) is 1. The number of hydrogen-bond acceptors (Lipinski definition) is 5. The number of fused-ring (bicyclic) bond motifs is 1. The normalized spacial score (nSPS) is 16.1. The van der Waals surface area contributed by atoms with Gasteiger partial charge in [-0.05, 0) is 11.1 Å². The van der Waals surface area contributed by atoms with Gasteiger partial charge >= 0.3 is 5.97 Å². The molecule has 0 spiro atoms. The van der Waals surface area contributed by atoms with E-state index in [4.69, 9.17) is 4.74 Å². The molecule has 124 valence electrons. The molecule has 1 aliphatic heterocycles. The second kappa shape index (κ2) is 6.24. The molecular weight excluding hydrogens is 316 g/mol. The SMILES string of the molecule is COC(=O)C1=C(c2ccccc2)Nc2ncnn2[C@@H]1c1ccccc1. The van der Waals surface area contributed by atoms with Gasteiger partial charge in [-0.1, -0.05) is 60.7 Å². The summed E-state index contributed by atoms with van der Waals surface area (Å²) in [5.41, 5.74) is 3.00. The van der Waals surface area contributed by atoms with Crippen LogP contribution >= 0.6 is 0 Å². The highest BCUT2D eigenvalue weighted by Gasteiger charge is 2.35. The van der Waals surface area contributed by atoms with Crippen molar-refractivity contribution in [2.45, 2.75) is 6.04 Å². The van der Waals surface area contributed by atoms with Gasteiger partial charge in [0.05, 0.1) is 18.4 Å². The Balaban J connectivity index is 1.98. The van der Waals surface area contributed by atoms with Crippen LogP contribution in [-0.2, 0) is 9.53 Å². The van der Waals surface area contributed by atoms with Crippen LogP contribution in [0.15, 0.2) is 72.6 Å². The van der Waals surface area contributed by atoms with Crippen LogP contribution in [0.3, 0.4) is 0 Å². The molecule has 1 atom stereocenters. The maximum absolute atomic E-state index is 12.7. The maximum atomic E-state index is 12.7. The van der Waals surface area contributed by atoms with Crippen molar-refractivity contribution in [3.05, 3.63) is 83.7 Å². The first-order valence-corrected chi connectivity index (χ1v) is 7.89. The summed E-state index contributed by atoms with van der Waals surface area (Å²) < 4.78 is 6.79. The van der Waals surface area contributed by atoms with Gasteiger partial charge in [0.1, 0.15) is 12.4 Å². The van der Waals surface area contributed by atoms with E-state index >= 15 is 0 Å². The van der Waals surface area contributed by atoms with E-state index in [0.29, 0.717) is 17.2 Å². The lowest BCUT2D eigenvalue weighted by molar-refractivity contribution is -0.136. The van der Waals surface area contributed by atoms with Crippen LogP contribution in [0.1, 0.15) is 17.2 Å². The van der Waals surface area contributed by atoms with Gasteiger partial charge < -0.3 is 10.1 Å². The molecule has 0 saturated heterocycles. The van der Waals surface area contributed by atoms with E-state index in [2.05, 4.69) is 15.4 Å². The minimum atomic E-state index is -0.414. The second-order valence-electron chi connectivity index (χ2n) is 5.61. The fourth-order valence-corrected chi connectivity index (χ4v) is 3.07. The molecule has 1 N–H and O–H groups in total. The van der Waals surface area contributed by atoms with E-state index < -0.39 is 12.0 Å². The molecule has 0 saturated carbocycles. The second-order valence-corrected chi connectivity index (χ2v) is 5.61. The van der Waals surface area contributed by atoms with Crippen molar-refractivity contribution >= 4 is 17.6 Å². The van der Waals surface area contributed by atoms with Crippen LogP contribution in [0.4, 0.5) is 5.95 Å². The van der Waals surface area contributed by atoms with Gasteiger partial charge in [-0.15, -0.1) is 0 Å². The summed E-state index contributed by atoms with van der Waals surface area (Å²) in [5.74, 6) is 0.182. The Labute approximate surface area is 144 Å². The third kappa shape index (κ3) is 2.57. The topological polar surface area (TPSA) is 69.0 Å². The lowest BCUT2D eigenvalue weighted by atomic mass is 9.93. The van der Waals surface area contributed by atoms with Crippen LogP contribution in [-0.4, -0.2) is 27.8 Å². The molecule has 4 rings (SSSR count). The summed E-state index contributed by atoms with van der Waals surface area (Å²) in [4.78, 5) is 17.0. The molecule has 0 fully saturated rings. The minimum Gasteiger partial charge on any atom is -0.466 e. The fourth-order valence-electron chi connectivity index (χ4n) is 3.07. The smallest absolute Gasteiger partial charge is 0.338 e. The number of nitrogens with zero attached hydrogens (tertiary/aromatic N) is 3. The van der Waals surface area contributed by atoms with Crippen molar-refractivity contribution in [1.82, 2.24) is 14.8 Å². The number of carbonyl (C=O) groups excluding carboxylic acids is 1. The lowest BCUT2D eigenvalue weighted by Crippen LogP contribution is -2.29. The molecule has 1 aliphatic rings. The van der Waals surface area contributed by atoms with Crippen LogP contribution in [0.5, 0.6) is 0 Å². The van der Waals surface area contributed by atoms with E-state index in [-0.39, 0.29) is 0 Å². The molecule has 0 radical (unpaired) electrons. The maximum Gasteiger partial charge on any atom is 0.338 e. The Morgan fingerprint density at radius 2 is 1.76 bits per heavy atom. The zero-order valence-corrected chi connectivity index (χ0v) is 13.6. The number of hydrogen-bond donors (Lipinski definition) is 1. The van der Waals surface area contributed by atoms with Crippen molar-refractivity contribution in [1.29, 1.82) is 0 Å². The summed E-state index contributed by atoms with van der Waals surface area (Å²) in [6.07, 6.45) is 1.47. The van der Waals surface area contributed by atoms with Crippen molar-refractivity contribution in [3.8, 4) is 0 Å². The van der Waals surface area contributed by atoms with Gasteiger partial charge in [0.2, 0.25) is 5.95 Å². The van der Waals surface area contributed by atoms with Crippen LogP contribution in [0.25, 0.3) is 5.70 Å². The molecule has 6 nitrogen and oxygen atoms in total. The number of rotatable bonds is 3. The number of methoxy groups -OCH3 is 1. The number of benzene rings is 2. The van der Waals surface area contributed by atoms with Crippen LogP contribution < -0.4 is 5.32 Å². The third-order valence-electron chi connectivity index (χ3n) is 4.18. The first-order chi connectivity index (χ1) is 12.3. The van der Waals surface area contributed by atoms with E-state index in [1.807, 2.05) is 60.7 Å². The lowest BCUT2D eigenvalue weighted by Gasteiger charge is -2.29. The minimum absolute atomic E-state index is 0.402. The monoisotopic (exact) mass is 332 g/mol. The van der Waals surface area contributed by atoms with Crippen LogP contribution in [0, 0.1) is 0 Å². The van der Waals surface area contributed by atoms with Crippen molar-refractivity contribution in [2.75, 3.05) is 12.4 Å². The Hall–Kier alpha value is -3.41. The van der Waals surface area contributed by atoms with Gasteiger partial charge in [-0.2, -0.15) is 10.1 Å². The summed E-state index contributed by atoms with van der Waals surface area (Å²) in [7, 11) is 1.39. The zero-order chi connectivity index (χ0) is 17.2. The average Bonchev–Trinajstić information content (AvgIpc) is 3.15. The summed E-state index contributed by atoms with van der Waals surface area (Å²) in [6, 6.07) is 19.0. The molecule has 0 amide bonds. The Kier molecular flexibility index (Phi) is 3.78. The Morgan fingerprint density at radius 3 is 2.44 bits per heavy atom. The standard InChI is InChI=1S/C19H16N4O2/c1-25-18(24)15-16(13-8-4-2-5-9-13)22-19-20-12-21-23(19)17(15)14-10-6-3-7-11-14/h2-12,17H,1H3,(H,20,21,22)/t17-/m1/s1. The number of esters is 1. The number of anilines is 1. The quantitative estimate of drug-likeness (QED) is 0.747. The Bertz CT molecular complexity index is 932. The van der Waals surface area contributed by atoms with Gasteiger partial charge in [-0.3, -0.25) is 0 Å². The summed E-state index contributed by atoms with van der Waals surface area (Å²) >= 11 is 0. The summed E-state index contributed by atoms with van der Waals surface area (Å²) in [5, 5.41) is 7.54. The van der Waals surface area contributed by atoms with Crippen molar-refractivity contribution in [2.24, 2.45) is 0 Å². The highest BCUT2D eigenvalue weighted by Crippen LogP contribution is 2.38. The predicted octanol–water partition coefficient (Wildman–Crippen LogP) is 2.88. The molecule has 0 aliphatic carbocycles. The van der Waals surface area contributed by atoms with E-state index in [9.17, 15) is 4.79 Å². The highest BCUT2D eigenvalue weighted by molar-refractivity contribution is 6.02. The molecule has 6 heteroatoms. The Morgan fingerprint density at radius 1 is 1.08 bits per heavy atom. The molecular formula is C19H16N4O2. The van der Waals surface area contributed by atoms with Gasteiger partial charge in [-0.25, -0.2) is 9.48 Å².